The molecular formula is C24H24N4O4. The second-order valence-corrected chi connectivity index (χ2v) is 8.24. The van der Waals surface area contributed by atoms with Crippen molar-refractivity contribution in [1.82, 2.24) is 19.8 Å². The Labute approximate surface area is 185 Å². The summed E-state index contributed by atoms with van der Waals surface area (Å²) in [5.41, 5.74) is 5.09. The molecule has 2 aromatic carbocycles. The zero-order chi connectivity index (χ0) is 22.4. The summed E-state index contributed by atoms with van der Waals surface area (Å²) in [7, 11) is 1.66. The number of benzene rings is 2. The summed E-state index contributed by atoms with van der Waals surface area (Å²) in [6.45, 7) is 3.20. The first-order chi connectivity index (χ1) is 15.4. The fourth-order valence-corrected chi connectivity index (χ4v) is 4.49. The number of hydrogen-bond donors (Lipinski definition) is 2. The van der Waals surface area contributed by atoms with E-state index in [1.165, 1.54) is 0 Å². The van der Waals surface area contributed by atoms with E-state index in [1.54, 1.807) is 22.9 Å². The standard InChI is InChI=1S/C24H24N4O4/c1-14-25-18-5-3-16(12-19(18)26-14)15-4-8-22-17(11-15)13-28(9-10-32-22)23(29)20-6-7-21(24(30)31)27(20)2/h3-5,7-8,11-12,20H,6,9-10,13H2,1-2H3,(H,25,26)(H,30,31). The molecule has 2 aliphatic rings. The fraction of sp³-hybridized carbons (Fsp3) is 0.292. The molecular weight excluding hydrogens is 408 g/mol. The molecule has 0 saturated heterocycles. The van der Waals surface area contributed by atoms with Crippen molar-refractivity contribution >= 4 is 22.9 Å². The normalized spacial score (nSPS) is 18.2. The van der Waals surface area contributed by atoms with Crippen LogP contribution in [0.5, 0.6) is 5.75 Å². The minimum absolute atomic E-state index is 0.0868. The van der Waals surface area contributed by atoms with Crippen LogP contribution in [0.4, 0.5) is 0 Å². The molecule has 0 bridgehead atoms. The second kappa shape index (κ2) is 7.71. The van der Waals surface area contributed by atoms with Gasteiger partial charge in [-0.1, -0.05) is 18.2 Å². The van der Waals surface area contributed by atoms with Crippen molar-refractivity contribution in [2.24, 2.45) is 0 Å². The number of fused-ring (bicyclic) bond motifs is 2. The second-order valence-electron chi connectivity index (χ2n) is 8.24. The smallest absolute Gasteiger partial charge is 0.351 e. The lowest BCUT2D eigenvalue weighted by Crippen LogP contribution is -2.45. The molecule has 2 aliphatic heterocycles. The number of nitrogens with zero attached hydrogens (tertiary/aromatic N) is 3. The highest BCUT2D eigenvalue weighted by molar-refractivity contribution is 5.90. The molecule has 5 rings (SSSR count). The number of carboxylic acid groups (broad SMARTS) is 1. The Balaban J connectivity index is 1.41. The summed E-state index contributed by atoms with van der Waals surface area (Å²) in [5, 5.41) is 9.31. The van der Waals surface area contributed by atoms with Gasteiger partial charge in [0.1, 0.15) is 29.9 Å². The van der Waals surface area contributed by atoms with Crippen LogP contribution in [0.25, 0.3) is 22.2 Å². The lowest BCUT2D eigenvalue weighted by Gasteiger charge is -2.29. The molecule has 8 heteroatoms. The first kappa shape index (κ1) is 20.1. The van der Waals surface area contributed by atoms with Crippen LogP contribution in [0.15, 0.2) is 48.2 Å². The summed E-state index contributed by atoms with van der Waals surface area (Å²) >= 11 is 0. The number of ether oxygens (including phenoxy) is 1. The van der Waals surface area contributed by atoms with Crippen LogP contribution in [-0.2, 0) is 16.1 Å². The average molecular weight is 432 g/mol. The minimum atomic E-state index is -1.01. The number of aromatic nitrogens is 2. The van der Waals surface area contributed by atoms with Gasteiger partial charge in [0.15, 0.2) is 0 Å². The number of amides is 1. The summed E-state index contributed by atoms with van der Waals surface area (Å²) in [6.07, 6.45) is 2.00. The van der Waals surface area contributed by atoms with E-state index >= 15 is 0 Å². The van der Waals surface area contributed by atoms with Crippen LogP contribution in [0.3, 0.4) is 0 Å². The SMILES string of the molecule is Cc1nc2ccc(-c3ccc4c(c3)CN(C(=O)C3CC=C(C(=O)O)N3C)CCO4)cc2[nH]1. The van der Waals surface area contributed by atoms with E-state index in [0.717, 1.165) is 39.3 Å². The highest BCUT2D eigenvalue weighted by Gasteiger charge is 2.35. The molecule has 164 valence electrons. The maximum atomic E-state index is 13.2. The summed E-state index contributed by atoms with van der Waals surface area (Å²) in [6, 6.07) is 11.6. The third kappa shape index (κ3) is 3.47. The van der Waals surface area contributed by atoms with Gasteiger partial charge in [0.05, 0.1) is 17.6 Å². The number of H-pyrrole nitrogens is 1. The van der Waals surface area contributed by atoms with Gasteiger partial charge in [-0.05, 0) is 48.7 Å². The summed E-state index contributed by atoms with van der Waals surface area (Å²) < 4.78 is 5.91. The Morgan fingerprint density at radius 3 is 2.75 bits per heavy atom. The van der Waals surface area contributed by atoms with Crippen molar-refractivity contribution < 1.29 is 19.4 Å². The number of carboxylic acids is 1. The minimum Gasteiger partial charge on any atom is -0.491 e. The van der Waals surface area contributed by atoms with Crippen molar-refractivity contribution in [2.75, 3.05) is 20.2 Å². The molecule has 0 saturated carbocycles. The molecule has 1 atom stereocenters. The van der Waals surface area contributed by atoms with Gasteiger partial charge in [-0.15, -0.1) is 0 Å². The first-order valence-electron chi connectivity index (χ1n) is 10.6. The fourth-order valence-electron chi connectivity index (χ4n) is 4.49. The molecule has 8 nitrogen and oxygen atoms in total. The number of imidazole rings is 1. The van der Waals surface area contributed by atoms with E-state index in [2.05, 4.69) is 22.1 Å². The third-order valence-corrected chi connectivity index (χ3v) is 6.17. The number of hydrogen-bond acceptors (Lipinski definition) is 5. The van der Waals surface area contributed by atoms with Crippen LogP contribution in [0.2, 0.25) is 0 Å². The summed E-state index contributed by atoms with van der Waals surface area (Å²) in [4.78, 5) is 35.6. The van der Waals surface area contributed by atoms with E-state index in [9.17, 15) is 14.7 Å². The molecule has 0 aliphatic carbocycles. The summed E-state index contributed by atoms with van der Waals surface area (Å²) in [5.74, 6) is 0.545. The van der Waals surface area contributed by atoms with Crippen LogP contribution in [-0.4, -0.2) is 63.0 Å². The number of rotatable bonds is 3. The van der Waals surface area contributed by atoms with Gasteiger partial charge in [-0.2, -0.15) is 0 Å². The molecule has 1 aromatic heterocycles. The molecule has 3 aromatic rings. The van der Waals surface area contributed by atoms with Gasteiger partial charge >= 0.3 is 5.97 Å². The van der Waals surface area contributed by atoms with Crippen molar-refractivity contribution in [3.63, 3.8) is 0 Å². The van der Waals surface area contributed by atoms with Gasteiger partial charge in [-0.3, -0.25) is 4.79 Å². The van der Waals surface area contributed by atoms with Crippen molar-refractivity contribution in [2.45, 2.75) is 25.9 Å². The van der Waals surface area contributed by atoms with E-state index < -0.39 is 12.0 Å². The van der Waals surface area contributed by atoms with Gasteiger partial charge in [0, 0.05) is 19.2 Å². The van der Waals surface area contributed by atoms with Gasteiger partial charge in [0.25, 0.3) is 0 Å². The Bertz CT molecular complexity index is 1260. The van der Waals surface area contributed by atoms with Gasteiger partial charge < -0.3 is 24.6 Å². The predicted molar refractivity (Wildman–Crippen MR) is 119 cm³/mol. The van der Waals surface area contributed by atoms with E-state index in [-0.39, 0.29) is 11.6 Å². The highest BCUT2D eigenvalue weighted by Crippen LogP contribution is 2.31. The Morgan fingerprint density at radius 2 is 1.97 bits per heavy atom. The van der Waals surface area contributed by atoms with Crippen molar-refractivity contribution in [1.29, 1.82) is 0 Å². The molecule has 0 spiro atoms. The Hall–Kier alpha value is -3.81. The van der Waals surface area contributed by atoms with Crippen LogP contribution in [0, 0.1) is 6.92 Å². The Kier molecular flexibility index (Phi) is 4.84. The van der Waals surface area contributed by atoms with Crippen LogP contribution >= 0.6 is 0 Å². The highest BCUT2D eigenvalue weighted by atomic mass is 16.5. The maximum Gasteiger partial charge on any atom is 0.351 e. The molecule has 3 heterocycles. The number of carbonyl (C=O) groups excluding carboxylic acids is 1. The van der Waals surface area contributed by atoms with Crippen molar-refractivity contribution in [3.8, 4) is 16.9 Å². The molecule has 0 fully saturated rings. The van der Waals surface area contributed by atoms with E-state index in [0.29, 0.717) is 26.1 Å². The van der Waals surface area contributed by atoms with Crippen LogP contribution in [0.1, 0.15) is 17.8 Å². The first-order valence-corrected chi connectivity index (χ1v) is 10.6. The molecule has 1 amide bonds. The maximum absolute atomic E-state index is 13.2. The van der Waals surface area contributed by atoms with Gasteiger partial charge in [-0.25, -0.2) is 9.78 Å². The third-order valence-electron chi connectivity index (χ3n) is 6.17. The molecule has 1 unspecified atom stereocenters. The molecule has 0 radical (unpaired) electrons. The predicted octanol–water partition coefficient (Wildman–Crippen LogP) is 2.93. The van der Waals surface area contributed by atoms with E-state index in [4.69, 9.17) is 4.74 Å². The van der Waals surface area contributed by atoms with Crippen molar-refractivity contribution in [3.05, 3.63) is 59.6 Å². The van der Waals surface area contributed by atoms with Gasteiger partial charge in [0.2, 0.25) is 5.91 Å². The molecule has 2 N–H and O–H groups in total. The number of aryl methyl sites for hydroxylation is 1. The number of nitrogens with one attached hydrogen (secondary N) is 1. The average Bonchev–Trinajstić information content (AvgIpc) is 3.26. The monoisotopic (exact) mass is 432 g/mol. The lowest BCUT2D eigenvalue weighted by molar-refractivity contribution is -0.137. The number of carbonyl (C=O) groups is 2. The number of likely N-dealkylation sites (N-methyl/N-ethyl adjacent to an activating group) is 1. The zero-order valence-electron chi connectivity index (χ0n) is 18.0. The quantitative estimate of drug-likeness (QED) is 0.660. The van der Waals surface area contributed by atoms with E-state index in [1.807, 2.05) is 31.2 Å². The molecule has 32 heavy (non-hydrogen) atoms. The number of aliphatic carboxylic acids is 1. The number of aromatic amines is 1. The Morgan fingerprint density at radius 1 is 1.19 bits per heavy atom. The zero-order valence-corrected chi connectivity index (χ0v) is 18.0. The largest absolute Gasteiger partial charge is 0.491 e. The topological polar surface area (TPSA) is 98.8 Å². The lowest BCUT2D eigenvalue weighted by atomic mass is 10.0. The van der Waals surface area contributed by atoms with Crippen LogP contribution < -0.4 is 4.74 Å².